The molecule has 6 heteroatoms. The minimum Gasteiger partial charge on any atom is -0.394 e. The Morgan fingerprint density at radius 3 is 1.05 bits per heavy atom. The Bertz CT molecular complexity index is 791. The molecule has 0 radical (unpaired) electrons. The number of carbonyl (C=O) groups excluding carboxylic acids is 1. The van der Waals surface area contributed by atoms with Crippen molar-refractivity contribution in [2.24, 2.45) is 0 Å². The molecule has 0 heterocycles. The molecule has 0 aromatic carbocycles. The van der Waals surface area contributed by atoms with Gasteiger partial charge < -0.3 is 25.7 Å². The number of unbranched alkanes of at least 4 members (excludes halogenated alkanes) is 34. The number of aliphatic hydroxyl groups excluding tert-OH is 4. The van der Waals surface area contributed by atoms with E-state index in [4.69, 9.17) is 0 Å². The van der Waals surface area contributed by atoms with Crippen LogP contribution in [0.4, 0.5) is 0 Å². The van der Waals surface area contributed by atoms with Crippen LogP contribution in [0.2, 0.25) is 0 Å². The molecule has 1 amide bonds. The highest BCUT2D eigenvalue weighted by Crippen LogP contribution is 2.17. The Morgan fingerprint density at radius 2 is 0.727 bits per heavy atom. The fourth-order valence-electron chi connectivity index (χ4n) is 7.81. The third-order valence-corrected chi connectivity index (χ3v) is 11.7. The first-order valence-corrected chi connectivity index (χ1v) is 24.6. The molecular weight excluding hydrogens is 683 g/mol. The third kappa shape index (κ3) is 38.3. The fraction of sp³-hybridized carbons (Fsp3) is 0.939. The van der Waals surface area contributed by atoms with Crippen LogP contribution in [0.1, 0.15) is 264 Å². The second-order valence-corrected chi connectivity index (χ2v) is 17.2. The summed E-state index contributed by atoms with van der Waals surface area (Å²) in [4.78, 5) is 12.5. The molecular formula is C49H97NO5. The van der Waals surface area contributed by atoms with E-state index in [2.05, 4.69) is 31.3 Å². The molecule has 0 aliphatic heterocycles. The van der Waals surface area contributed by atoms with Crippen LogP contribution in [0.25, 0.3) is 0 Å². The Hall–Kier alpha value is -0.950. The van der Waals surface area contributed by atoms with Crippen molar-refractivity contribution in [3.63, 3.8) is 0 Å². The van der Waals surface area contributed by atoms with E-state index in [1.807, 2.05) is 0 Å². The summed E-state index contributed by atoms with van der Waals surface area (Å²) in [6.07, 6.45) is 50.1. The Balaban J connectivity index is 3.52. The Morgan fingerprint density at radius 1 is 0.436 bits per heavy atom. The maximum atomic E-state index is 12.5. The lowest BCUT2D eigenvalue weighted by Gasteiger charge is -2.27. The number of rotatable bonds is 45. The van der Waals surface area contributed by atoms with Crippen molar-refractivity contribution in [2.45, 2.75) is 289 Å². The van der Waals surface area contributed by atoms with E-state index in [1.165, 1.54) is 199 Å². The topological polar surface area (TPSA) is 110 Å². The molecule has 6 nitrogen and oxygen atoms in total. The van der Waals surface area contributed by atoms with Crippen LogP contribution in [0.5, 0.6) is 0 Å². The van der Waals surface area contributed by atoms with Gasteiger partial charge in [0, 0.05) is 0 Å². The van der Waals surface area contributed by atoms with Gasteiger partial charge in [-0.3, -0.25) is 4.79 Å². The van der Waals surface area contributed by atoms with Gasteiger partial charge >= 0.3 is 0 Å². The zero-order chi connectivity index (χ0) is 40.3. The first kappa shape index (κ1) is 54.0. The molecule has 0 saturated carbocycles. The van der Waals surface area contributed by atoms with Crippen LogP contribution in [-0.4, -0.2) is 57.3 Å². The van der Waals surface area contributed by atoms with Gasteiger partial charge in [0.2, 0.25) is 5.91 Å². The van der Waals surface area contributed by atoms with E-state index in [-0.39, 0.29) is 0 Å². The van der Waals surface area contributed by atoms with Crippen molar-refractivity contribution in [3.8, 4) is 0 Å². The van der Waals surface area contributed by atoms with E-state index >= 15 is 0 Å². The van der Waals surface area contributed by atoms with E-state index in [0.717, 1.165) is 38.5 Å². The minimum atomic E-state index is -1.25. The molecule has 0 aliphatic carbocycles. The summed E-state index contributed by atoms with van der Waals surface area (Å²) in [6.45, 7) is 4.02. The van der Waals surface area contributed by atoms with Crippen molar-refractivity contribution in [3.05, 3.63) is 12.2 Å². The first-order chi connectivity index (χ1) is 27.0. The minimum absolute atomic E-state index is 0.372. The first-order valence-electron chi connectivity index (χ1n) is 24.6. The predicted octanol–water partition coefficient (Wildman–Crippen LogP) is 13.4. The number of allylic oxidation sites excluding steroid dienone is 2. The summed E-state index contributed by atoms with van der Waals surface area (Å²) in [5.41, 5.74) is 0. The number of hydrogen-bond acceptors (Lipinski definition) is 5. The maximum absolute atomic E-state index is 12.5. The molecule has 0 aromatic rings. The van der Waals surface area contributed by atoms with Gasteiger partial charge in [-0.2, -0.15) is 0 Å². The lowest BCUT2D eigenvalue weighted by Crippen LogP contribution is -2.53. The maximum Gasteiger partial charge on any atom is 0.249 e. The summed E-state index contributed by atoms with van der Waals surface area (Å²) in [7, 11) is 0. The molecule has 328 valence electrons. The highest BCUT2D eigenvalue weighted by molar-refractivity contribution is 5.80. The van der Waals surface area contributed by atoms with Gasteiger partial charge in [-0.15, -0.1) is 0 Å². The number of amides is 1. The molecule has 0 aromatic heterocycles. The zero-order valence-electron chi connectivity index (χ0n) is 36.9. The average molecular weight is 780 g/mol. The molecule has 0 rings (SSSR count). The lowest BCUT2D eigenvalue weighted by molar-refractivity contribution is -0.132. The highest BCUT2D eigenvalue weighted by Gasteiger charge is 2.28. The second kappa shape index (κ2) is 44.2. The van der Waals surface area contributed by atoms with Crippen LogP contribution in [-0.2, 0) is 4.79 Å². The van der Waals surface area contributed by atoms with Crippen molar-refractivity contribution >= 4 is 5.91 Å². The van der Waals surface area contributed by atoms with E-state index < -0.39 is 36.9 Å². The zero-order valence-corrected chi connectivity index (χ0v) is 36.9. The molecule has 0 fully saturated rings. The molecule has 5 N–H and O–H groups in total. The van der Waals surface area contributed by atoms with Gasteiger partial charge in [-0.25, -0.2) is 0 Å². The smallest absolute Gasteiger partial charge is 0.249 e. The average Bonchev–Trinajstić information content (AvgIpc) is 3.19. The Labute approximate surface area is 342 Å². The van der Waals surface area contributed by atoms with Crippen LogP contribution < -0.4 is 5.32 Å². The molecule has 0 aliphatic rings. The largest absolute Gasteiger partial charge is 0.394 e. The quantitative estimate of drug-likeness (QED) is 0.0312. The molecule has 55 heavy (non-hydrogen) atoms. The summed E-state index contributed by atoms with van der Waals surface area (Å²) >= 11 is 0. The van der Waals surface area contributed by atoms with E-state index in [1.54, 1.807) is 0 Å². The van der Waals surface area contributed by atoms with Crippen LogP contribution in [0.3, 0.4) is 0 Å². The second-order valence-electron chi connectivity index (χ2n) is 17.2. The predicted molar refractivity (Wildman–Crippen MR) is 238 cm³/mol. The molecule has 4 unspecified atom stereocenters. The Kier molecular flexibility index (Phi) is 43.4. The van der Waals surface area contributed by atoms with Crippen molar-refractivity contribution < 1.29 is 25.2 Å². The SMILES string of the molecule is CCCCCCCCCCCCCC/C=C\CCCCCCCCCCCCCCCCCC(O)C(=O)NC(CO)C(O)C(O)CCCCCCCCCC. The number of aliphatic hydroxyl groups is 4. The number of nitrogens with one attached hydrogen (secondary N) is 1. The number of hydrogen-bond donors (Lipinski definition) is 5. The van der Waals surface area contributed by atoms with Gasteiger partial charge in [0.05, 0.1) is 18.8 Å². The standard InChI is InChI=1S/C49H97NO5/c1-3-5-7-9-11-13-14-15-16-17-18-19-20-21-22-23-24-25-26-27-28-29-30-31-32-33-34-35-37-39-41-43-47(53)49(55)50-45(44-51)48(54)46(52)42-40-38-36-12-10-8-6-4-2/h21-22,45-48,51-54H,3-20,23-44H2,1-2H3,(H,50,55)/b22-21-. The van der Waals surface area contributed by atoms with E-state index in [9.17, 15) is 25.2 Å². The summed E-state index contributed by atoms with van der Waals surface area (Å²) < 4.78 is 0. The summed E-state index contributed by atoms with van der Waals surface area (Å²) in [5, 5.41) is 43.5. The van der Waals surface area contributed by atoms with E-state index in [0.29, 0.717) is 12.8 Å². The van der Waals surface area contributed by atoms with Crippen LogP contribution >= 0.6 is 0 Å². The third-order valence-electron chi connectivity index (χ3n) is 11.7. The van der Waals surface area contributed by atoms with Gasteiger partial charge in [-0.05, 0) is 38.5 Å². The molecule has 4 atom stereocenters. The van der Waals surface area contributed by atoms with Gasteiger partial charge in [0.15, 0.2) is 0 Å². The molecule has 0 bridgehead atoms. The lowest BCUT2D eigenvalue weighted by atomic mass is 9.99. The molecule has 0 saturated heterocycles. The van der Waals surface area contributed by atoms with Gasteiger partial charge in [0.25, 0.3) is 0 Å². The summed E-state index contributed by atoms with van der Waals surface area (Å²) in [6, 6.07) is -0.979. The van der Waals surface area contributed by atoms with Crippen molar-refractivity contribution in [2.75, 3.05) is 6.61 Å². The normalized spacial score (nSPS) is 14.1. The van der Waals surface area contributed by atoms with Crippen molar-refractivity contribution in [1.82, 2.24) is 5.32 Å². The van der Waals surface area contributed by atoms with Crippen LogP contribution in [0, 0.1) is 0 Å². The summed E-state index contributed by atoms with van der Waals surface area (Å²) in [5.74, 6) is -0.583. The monoisotopic (exact) mass is 780 g/mol. The van der Waals surface area contributed by atoms with Gasteiger partial charge in [-0.1, -0.05) is 238 Å². The van der Waals surface area contributed by atoms with Gasteiger partial charge in [0.1, 0.15) is 12.2 Å². The van der Waals surface area contributed by atoms with Crippen LogP contribution in [0.15, 0.2) is 12.2 Å². The van der Waals surface area contributed by atoms with Crippen molar-refractivity contribution in [1.29, 1.82) is 0 Å². The molecule has 0 spiro atoms. The fourth-order valence-corrected chi connectivity index (χ4v) is 7.81. The number of carbonyl (C=O) groups is 1. The highest BCUT2D eigenvalue weighted by atomic mass is 16.3.